The number of rotatable bonds is 4. The molecular formula is C10H18N4O2. The maximum Gasteiger partial charge on any atom is 0.235 e. The first kappa shape index (κ1) is 12.6. The Kier molecular flexibility index (Phi) is 3.64. The van der Waals surface area contributed by atoms with Gasteiger partial charge in [0.1, 0.15) is 0 Å². The zero-order valence-electron chi connectivity index (χ0n) is 10.1. The lowest BCUT2D eigenvalue weighted by Crippen LogP contribution is -2.49. The maximum atomic E-state index is 11.3. The predicted molar refractivity (Wildman–Crippen MR) is 58.3 cm³/mol. The van der Waals surface area contributed by atoms with Crippen LogP contribution in [0.4, 0.5) is 0 Å². The smallest absolute Gasteiger partial charge is 0.235 e. The number of aryl methyl sites for hydroxylation is 1. The van der Waals surface area contributed by atoms with Crippen molar-refractivity contribution in [2.75, 3.05) is 0 Å². The van der Waals surface area contributed by atoms with Crippen molar-refractivity contribution in [3.05, 3.63) is 11.8 Å². The molecule has 0 saturated carbocycles. The number of nitrogens with one attached hydrogen (secondary N) is 1. The van der Waals surface area contributed by atoms with Crippen molar-refractivity contribution in [2.24, 2.45) is 11.1 Å². The van der Waals surface area contributed by atoms with Crippen LogP contribution in [0.2, 0.25) is 0 Å². The summed E-state index contributed by atoms with van der Waals surface area (Å²) < 4.78 is 5.19. The van der Waals surface area contributed by atoms with Crippen molar-refractivity contribution in [1.82, 2.24) is 15.5 Å². The third kappa shape index (κ3) is 3.30. The van der Waals surface area contributed by atoms with Gasteiger partial charge in [-0.05, 0) is 5.41 Å². The molecule has 1 atom stereocenters. The molecule has 0 aliphatic rings. The van der Waals surface area contributed by atoms with Crippen molar-refractivity contribution in [2.45, 2.75) is 40.3 Å². The number of primary amides is 1. The highest BCUT2D eigenvalue weighted by Gasteiger charge is 2.29. The molecule has 0 radical (unpaired) electrons. The van der Waals surface area contributed by atoms with E-state index in [-0.39, 0.29) is 11.3 Å². The quantitative estimate of drug-likeness (QED) is 0.773. The van der Waals surface area contributed by atoms with Crippen LogP contribution in [0, 0.1) is 12.3 Å². The van der Waals surface area contributed by atoms with E-state index >= 15 is 0 Å². The first-order valence-corrected chi connectivity index (χ1v) is 5.12. The van der Waals surface area contributed by atoms with Gasteiger partial charge in [-0.15, -0.1) is 10.2 Å². The summed E-state index contributed by atoms with van der Waals surface area (Å²) in [6, 6.07) is -0.431. The Balaban J connectivity index is 2.61. The van der Waals surface area contributed by atoms with Crippen LogP contribution < -0.4 is 11.1 Å². The highest BCUT2D eigenvalue weighted by atomic mass is 16.4. The molecule has 1 heterocycles. The SMILES string of the molecule is Cc1nnc(CN[C@H](C(N)=O)C(C)(C)C)o1. The van der Waals surface area contributed by atoms with Gasteiger partial charge in [0, 0.05) is 6.92 Å². The Hall–Kier alpha value is -1.43. The molecule has 0 unspecified atom stereocenters. The van der Waals surface area contributed by atoms with E-state index in [2.05, 4.69) is 15.5 Å². The van der Waals surface area contributed by atoms with Gasteiger partial charge in [-0.1, -0.05) is 20.8 Å². The van der Waals surface area contributed by atoms with E-state index in [0.717, 1.165) is 0 Å². The number of amides is 1. The second-order valence-corrected chi connectivity index (χ2v) is 4.80. The Morgan fingerprint density at radius 3 is 2.50 bits per heavy atom. The predicted octanol–water partition coefficient (Wildman–Crippen LogP) is 0.368. The molecule has 6 nitrogen and oxygen atoms in total. The molecule has 1 aromatic rings. The van der Waals surface area contributed by atoms with Crippen molar-refractivity contribution in [3.8, 4) is 0 Å². The fraction of sp³-hybridized carbons (Fsp3) is 0.700. The number of carbonyl (C=O) groups excluding carboxylic acids is 1. The summed E-state index contributed by atoms with van der Waals surface area (Å²) in [4.78, 5) is 11.3. The molecule has 16 heavy (non-hydrogen) atoms. The molecule has 0 spiro atoms. The summed E-state index contributed by atoms with van der Waals surface area (Å²) in [6.45, 7) is 7.87. The fourth-order valence-corrected chi connectivity index (χ4v) is 1.43. The fourth-order valence-electron chi connectivity index (χ4n) is 1.43. The molecule has 0 saturated heterocycles. The summed E-state index contributed by atoms with van der Waals surface area (Å²) in [5.74, 6) is 0.569. The molecule has 1 amide bonds. The molecule has 1 rings (SSSR count). The molecule has 0 aliphatic carbocycles. The number of carbonyl (C=O) groups is 1. The third-order valence-electron chi connectivity index (χ3n) is 2.18. The lowest BCUT2D eigenvalue weighted by molar-refractivity contribution is -0.122. The van der Waals surface area contributed by atoms with Crippen LogP contribution in [0.5, 0.6) is 0 Å². The van der Waals surface area contributed by atoms with Gasteiger partial charge in [-0.2, -0.15) is 0 Å². The zero-order chi connectivity index (χ0) is 12.3. The minimum Gasteiger partial charge on any atom is -0.424 e. The van der Waals surface area contributed by atoms with Gasteiger partial charge in [0.15, 0.2) is 0 Å². The number of hydrogen-bond donors (Lipinski definition) is 2. The van der Waals surface area contributed by atoms with Crippen LogP contribution >= 0.6 is 0 Å². The van der Waals surface area contributed by atoms with Crippen molar-refractivity contribution in [1.29, 1.82) is 0 Å². The molecule has 3 N–H and O–H groups in total. The molecule has 90 valence electrons. The van der Waals surface area contributed by atoms with Gasteiger partial charge in [0.05, 0.1) is 12.6 Å². The van der Waals surface area contributed by atoms with E-state index < -0.39 is 6.04 Å². The Labute approximate surface area is 94.6 Å². The van der Waals surface area contributed by atoms with E-state index in [4.69, 9.17) is 10.2 Å². The van der Waals surface area contributed by atoms with E-state index in [9.17, 15) is 4.79 Å². The van der Waals surface area contributed by atoms with Crippen molar-refractivity contribution >= 4 is 5.91 Å². The Bertz CT molecular complexity index is 367. The van der Waals surface area contributed by atoms with Crippen LogP contribution in [0.25, 0.3) is 0 Å². The monoisotopic (exact) mass is 226 g/mol. The number of aromatic nitrogens is 2. The number of hydrogen-bond acceptors (Lipinski definition) is 5. The average Bonchev–Trinajstić information content (AvgIpc) is 2.48. The van der Waals surface area contributed by atoms with Crippen LogP contribution in [-0.2, 0) is 11.3 Å². The second kappa shape index (κ2) is 4.61. The largest absolute Gasteiger partial charge is 0.424 e. The van der Waals surface area contributed by atoms with Crippen LogP contribution in [0.3, 0.4) is 0 Å². The van der Waals surface area contributed by atoms with E-state index in [0.29, 0.717) is 18.3 Å². The minimum atomic E-state index is -0.431. The van der Waals surface area contributed by atoms with Crippen LogP contribution in [0.15, 0.2) is 4.42 Å². The minimum absolute atomic E-state index is 0.249. The number of nitrogens with zero attached hydrogens (tertiary/aromatic N) is 2. The van der Waals surface area contributed by atoms with Gasteiger partial charge in [-0.25, -0.2) is 0 Å². The van der Waals surface area contributed by atoms with E-state index in [1.165, 1.54) is 0 Å². The van der Waals surface area contributed by atoms with Crippen LogP contribution in [-0.4, -0.2) is 22.1 Å². The summed E-state index contributed by atoms with van der Waals surface area (Å²) in [6.07, 6.45) is 0. The van der Waals surface area contributed by atoms with Crippen molar-refractivity contribution < 1.29 is 9.21 Å². The molecular weight excluding hydrogens is 208 g/mol. The highest BCUT2D eigenvalue weighted by Crippen LogP contribution is 2.19. The van der Waals surface area contributed by atoms with E-state index in [1.807, 2.05) is 20.8 Å². The molecule has 1 aromatic heterocycles. The molecule has 6 heteroatoms. The first-order valence-electron chi connectivity index (χ1n) is 5.12. The lowest BCUT2D eigenvalue weighted by atomic mass is 9.86. The first-order chi connectivity index (χ1) is 7.30. The van der Waals surface area contributed by atoms with Crippen LogP contribution in [0.1, 0.15) is 32.6 Å². The van der Waals surface area contributed by atoms with E-state index in [1.54, 1.807) is 6.92 Å². The zero-order valence-corrected chi connectivity index (χ0v) is 10.1. The van der Waals surface area contributed by atoms with Crippen molar-refractivity contribution in [3.63, 3.8) is 0 Å². The highest BCUT2D eigenvalue weighted by molar-refractivity contribution is 5.80. The topological polar surface area (TPSA) is 94.0 Å². The standard InChI is InChI=1S/C10H18N4O2/c1-6-13-14-7(16-6)5-12-8(9(11)15)10(2,3)4/h8,12H,5H2,1-4H3,(H2,11,15)/t8-/m1/s1. The third-order valence-corrected chi connectivity index (χ3v) is 2.18. The molecule has 0 aliphatic heterocycles. The summed E-state index contributed by atoms with van der Waals surface area (Å²) in [5.41, 5.74) is 5.08. The summed E-state index contributed by atoms with van der Waals surface area (Å²) >= 11 is 0. The second-order valence-electron chi connectivity index (χ2n) is 4.80. The number of nitrogens with two attached hydrogens (primary N) is 1. The Morgan fingerprint density at radius 2 is 2.12 bits per heavy atom. The molecule has 0 aromatic carbocycles. The average molecular weight is 226 g/mol. The van der Waals surface area contributed by atoms with Gasteiger partial charge >= 0.3 is 0 Å². The van der Waals surface area contributed by atoms with Gasteiger partial charge in [0.2, 0.25) is 17.7 Å². The lowest BCUT2D eigenvalue weighted by Gasteiger charge is -2.28. The molecule has 0 fully saturated rings. The van der Waals surface area contributed by atoms with Gasteiger partial charge < -0.3 is 10.2 Å². The maximum absolute atomic E-state index is 11.3. The molecule has 0 bridgehead atoms. The summed E-state index contributed by atoms with van der Waals surface area (Å²) in [7, 11) is 0. The van der Waals surface area contributed by atoms with Gasteiger partial charge in [0.25, 0.3) is 0 Å². The van der Waals surface area contributed by atoms with Gasteiger partial charge in [-0.3, -0.25) is 10.1 Å². The summed E-state index contributed by atoms with van der Waals surface area (Å²) in [5, 5.41) is 10.5. The normalized spacial score (nSPS) is 13.8. The Morgan fingerprint density at radius 1 is 1.50 bits per heavy atom.